The van der Waals surface area contributed by atoms with Crippen molar-refractivity contribution in [3.05, 3.63) is 69.7 Å². The first-order valence-corrected chi connectivity index (χ1v) is 11.7. The summed E-state index contributed by atoms with van der Waals surface area (Å²) in [6.45, 7) is 6.22. The van der Waals surface area contributed by atoms with Crippen LogP contribution in [0.5, 0.6) is 0 Å². The number of nitrogens with zero attached hydrogens (tertiary/aromatic N) is 3. The van der Waals surface area contributed by atoms with Crippen LogP contribution in [0.15, 0.2) is 64.1 Å². The molecule has 1 fully saturated rings. The topological polar surface area (TPSA) is 50.2 Å². The molecule has 1 saturated heterocycles. The van der Waals surface area contributed by atoms with Gasteiger partial charge in [-0.1, -0.05) is 41.9 Å². The minimum Gasteiger partial charge on any atom is -0.354 e. The normalized spacial score (nSPS) is 16.3. The van der Waals surface area contributed by atoms with Gasteiger partial charge in [0, 0.05) is 49.1 Å². The summed E-state index contributed by atoms with van der Waals surface area (Å²) in [6, 6.07) is 14.9. The molecule has 162 valence electrons. The van der Waals surface area contributed by atoms with E-state index in [1.807, 2.05) is 48.0 Å². The standard InChI is InChI=1S/C25H29BrN4O/c1-17(2)28-16-21-8-5-13-30(21)23-15-22(18-9-11-27-12-10-18)24(25(31)29(23)3)19-6-4-7-20(26)14-19/h4,6-7,9-12,14-15,17,21,28H,5,8,13,16H2,1-3H3. The highest BCUT2D eigenvalue weighted by Crippen LogP contribution is 2.35. The third-order valence-electron chi connectivity index (χ3n) is 5.94. The summed E-state index contributed by atoms with van der Waals surface area (Å²) in [4.78, 5) is 20.3. The van der Waals surface area contributed by atoms with Gasteiger partial charge in [-0.05, 0) is 59.9 Å². The first-order valence-electron chi connectivity index (χ1n) is 10.9. The fraction of sp³-hybridized carbons (Fsp3) is 0.360. The van der Waals surface area contributed by atoms with Gasteiger partial charge in [0.15, 0.2) is 0 Å². The van der Waals surface area contributed by atoms with Gasteiger partial charge in [0.05, 0.1) is 5.56 Å². The second kappa shape index (κ2) is 9.37. The molecule has 0 bridgehead atoms. The van der Waals surface area contributed by atoms with Crippen LogP contribution in [0.4, 0.5) is 5.82 Å². The van der Waals surface area contributed by atoms with Crippen molar-refractivity contribution in [1.82, 2.24) is 14.9 Å². The Balaban J connectivity index is 1.87. The summed E-state index contributed by atoms with van der Waals surface area (Å²) in [5.41, 5.74) is 3.59. The largest absolute Gasteiger partial charge is 0.354 e. The SMILES string of the molecule is CC(C)NCC1CCCN1c1cc(-c2ccncc2)c(-c2cccc(Br)c2)c(=O)n1C. The Kier molecular flexibility index (Phi) is 6.58. The van der Waals surface area contributed by atoms with E-state index < -0.39 is 0 Å². The fourth-order valence-electron chi connectivity index (χ4n) is 4.36. The molecule has 1 aromatic carbocycles. The van der Waals surface area contributed by atoms with Gasteiger partial charge < -0.3 is 10.2 Å². The molecule has 1 aliphatic heterocycles. The highest BCUT2D eigenvalue weighted by molar-refractivity contribution is 9.10. The predicted octanol–water partition coefficient (Wildman–Crippen LogP) is 4.84. The molecule has 31 heavy (non-hydrogen) atoms. The summed E-state index contributed by atoms with van der Waals surface area (Å²) in [6.07, 6.45) is 5.83. The van der Waals surface area contributed by atoms with E-state index >= 15 is 0 Å². The Morgan fingerprint density at radius 3 is 2.65 bits per heavy atom. The van der Waals surface area contributed by atoms with Crippen LogP contribution in [-0.2, 0) is 7.05 Å². The van der Waals surface area contributed by atoms with Crippen LogP contribution in [0.1, 0.15) is 26.7 Å². The molecule has 2 aromatic heterocycles. The fourth-order valence-corrected chi connectivity index (χ4v) is 4.76. The Morgan fingerprint density at radius 1 is 1.16 bits per heavy atom. The molecule has 0 spiro atoms. The lowest BCUT2D eigenvalue weighted by Crippen LogP contribution is -2.42. The highest BCUT2D eigenvalue weighted by Gasteiger charge is 2.28. The summed E-state index contributed by atoms with van der Waals surface area (Å²) in [5, 5.41) is 3.57. The lowest BCUT2D eigenvalue weighted by atomic mass is 9.96. The zero-order chi connectivity index (χ0) is 22.0. The predicted molar refractivity (Wildman–Crippen MR) is 132 cm³/mol. The number of hydrogen-bond acceptors (Lipinski definition) is 4. The number of benzene rings is 1. The second-order valence-corrected chi connectivity index (χ2v) is 9.37. The Labute approximate surface area is 192 Å². The van der Waals surface area contributed by atoms with E-state index in [1.165, 1.54) is 0 Å². The molecule has 1 unspecified atom stereocenters. The van der Waals surface area contributed by atoms with Crippen molar-refractivity contribution in [2.75, 3.05) is 18.0 Å². The number of pyridine rings is 2. The van der Waals surface area contributed by atoms with Crippen molar-refractivity contribution in [1.29, 1.82) is 0 Å². The smallest absolute Gasteiger partial charge is 0.260 e. The van der Waals surface area contributed by atoms with Crippen LogP contribution in [0.25, 0.3) is 22.3 Å². The minimum absolute atomic E-state index is 0.0184. The minimum atomic E-state index is 0.0184. The average Bonchev–Trinajstić information content (AvgIpc) is 3.23. The summed E-state index contributed by atoms with van der Waals surface area (Å²) < 4.78 is 2.77. The average molecular weight is 481 g/mol. The molecule has 1 aliphatic rings. The van der Waals surface area contributed by atoms with E-state index in [-0.39, 0.29) is 5.56 Å². The van der Waals surface area contributed by atoms with Gasteiger partial charge in [-0.2, -0.15) is 0 Å². The molecule has 0 saturated carbocycles. The van der Waals surface area contributed by atoms with E-state index in [0.29, 0.717) is 12.1 Å². The first kappa shape index (κ1) is 21.8. The molecule has 1 atom stereocenters. The summed E-state index contributed by atoms with van der Waals surface area (Å²) in [5.74, 6) is 0.976. The molecule has 5 nitrogen and oxygen atoms in total. The molecule has 0 aliphatic carbocycles. The van der Waals surface area contributed by atoms with Gasteiger partial charge in [0.1, 0.15) is 5.82 Å². The molecular weight excluding hydrogens is 452 g/mol. The first-order chi connectivity index (χ1) is 15.0. The number of rotatable bonds is 6. The molecule has 1 N–H and O–H groups in total. The van der Waals surface area contributed by atoms with Gasteiger partial charge in [-0.15, -0.1) is 0 Å². The molecular formula is C25H29BrN4O. The molecule has 0 amide bonds. The van der Waals surface area contributed by atoms with Crippen molar-refractivity contribution in [3.63, 3.8) is 0 Å². The van der Waals surface area contributed by atoms with E-state index in [0.717, 1.165) is 58.5 Å². The Bertz CT molecular complexity index is 1110. The summed E-state index contributed by atoms with van der Waals surface area (Å²) in [7, 11) is 1.89. The monoisotopic (exact) mass is 480 g/mol. The molecule has 4 rings (SSSR count). The lowest BCUT2D eigenvalue weighted by Gasteiger charge is -2.30. The van der Waals surface area contributed by atoms with Gasteiger partial charge in [-0.3, -0.25) is 14.3 Å². The van der Waals surface area contributed by atoms with Crippen molar-refractivity contribution < 1.29 is 0 Å². The Hall–Kier alpha value is -2.44. The maximum absolute atomic E-state index is 13.7. The van der Waals surface area contributed by atoms with Crippen LogP contribution < -0.4 is 15.8 Å². The maximum Gasteiger partial charge on any atom is 0.260 e. The van der Waals surface area contributed by atoms with Crippen LogP contribution in [-0.4, -0.2) is 34.7 Å². The van der Waals surface area contributed by atoms with Gasteiger partial charge in [0.25, 0.3) is 5.56 Å². The third-order valence-corrected chi connectivity index (χ3v) is 6.44. The van der Waals surface area contributed by atoms with Crippen molar-refractivity contribution in [2.24, 2.45) is 7.05 Å². The van der Waals surface area contributed by atoms with Crippen molar-refractivity contribution in [2.45, 2.75) is 38.8 Å². The number of halogens is 1. The zero-order valence-electron chi connectivity index (χ0n) is 18.3. The zero-order valence-corrected chi connectivity index (χ0v) is 19.9. The maximum atomic E-state index is 13.7. The van der Waals surface area contributed by atoms with Crippen LogP contribution in [0.2, 0.25) is 0 Å². The number of aromatic nitrogens is 2. The van der Waals surface area contributed by atoms with Crippen molar-refractivity contribution in [3.8, 4) is 22.3 Å². The number of anilines is 1. The molecule has 3 heterocycles. The lowest BCUT2D eigenvalue weighted by molar-refractivity contribution is 0.519. The van der Waals surface area contributed by atoms with E-state index in [4.69, 9.17) is 0 Å². The van der Waals surface area contributed by atoms with E-state index in [1.54, 1.807) is 12.4 Å². The van der Waals surface area contributed by atoms with E-state index in [9.17, 15) is 4.79 Å². The van der Waals surface area contributed by atoms with Gasteiger partial charge >= 0.3 is 0 Å². The Morgan fingerprint density at radius 2 is 1.94 bits per heavy atom. The third kappa shape index (κ3) is 4.60. The highest BCUT2D eigenvalue weighted by atomic mass is 79.9. The van der Waals surface area contributed by atoms with Crippen molar-refractivity contribution >= 4 is 21.7 Å². The van der Waals surface area contributed by atoms with Crippen LogP contribution >= 0.6 is 15.9 Å². The van der Waals surface area contributed by atoms with E-state index in [2.05, 4.69) is 51.0 Å². The number of nitrogens with one attached hydrogen (secondary N) is 1. The molecule has 0 radical (unpaired) electrons. The number of hydrogen-bond donors (Lipinski definition) is 1. The quantitative estimate of drug-likeness (QED) is 0.547. The van der Waals surface area contributed by atoms with Gasteiger partial charge in [0.2, 0.25) is 0 Å². The molecule has 3 aromatic rings. The second-order valence-electron chi connectivity index (χ2n) is 8.45. The molecule has 6 heteroatoms. The van der Waals surface area contributed by atoms with Crippen LogP contribution in [0.3, 0.4) is 0 Å². The van der Waals surface area contributed by atoms with Gasteiger partial charge in [-0.25, -0.2) is 0 Å². The van der Waals surface area contributed by atoms with Crippen LogP contribution in [0, 0.1) is 0 Å². The summed E-state index contributed by atoms with van der Waals surface area (Å²) >= 11 is 3.55.